The molecule has 0 bridgehead atoms. The van der Waals surface area contributed by atoms with Gasteiger partial charge >= 0.3 is 8.56 Å². The lowest BCUT2D eigenvalue weighted by atomic mass is 9.90. The second kappa shape index (κ2) is 9.44. The molecule has 0 heterocycles. The Kier molecular flexibility index (Phi) is 7.92. The summed E-state index contributed by atoms with van der Waals surface area (Å²) in [7, 11) is -2.05. The van der Waals surface area contributed by atoms with E-state index in [-0.39, 0.29) is 0 Å². The van der Waals surface area contributed by atoms with Gasteiger partial charge in [0.1, 0.15) is 0 Å². The van der Waals surface area contributed by atoms with Gasteiger partial charge in [0.25, 0.3) is 0 Å². The quantitative estimate of drug-likeness (QED) is 0.371. The maximum absolute atomic E-state index is 6.75. The van der Waals surface area contributed by atoms with Gasteiger partial charge < -0.3 is 8.85 Å². The van der Waals surface area contributed by atoms with Gasteiger partial charge in [0.05, 0.1) is 0 Å². The molecule has 2 aliphatic carbocycles. The molecule has 0 N–H and O–H groups in total. The third-order valence-corrected chi connectivity index (χ3v) is 10.6. The minimum absolute atomic E-state index is 0.759. The molecule has 0 saturated heterocycles. The lowest BCUT2D eigenvalue weighted by Crippen LogP contribution is -2.52. The molecule has 0 amide bonds. The molecule has 0 aromatic carbocycles. The minimum Gasteiger partial charge on any atom is -0.394 e. The third kappa shape index (κ3) is 4.58. The van der Waals surface area contributed by atoms with E-state index >= 15 is 0 Å². The Labute approximate surface area is 139 Å². The highest BCUT2D eigenvalue weighted by Gasteiger charge is 2.53. The van der Waals surface area contributed by atoms with Crippen LogP contribution in [-0.2, 0) is 8.85 Å². The van der Waals surface area contributed by atoms with E-state index in [0.29, 0.717) is 0 Å². The summed E-state index contributed by atoms with van der Waals surface area (Å²) in [5, 5.41) is 0. The largest absolute Gasteiger partial charge is 0.394 e. The molecule has 2 saturated carbocycles. The molecule has 130 valence electrons. The van der Waals surface area contributed by atoms with Crippen LogP contribution in [0.15, 0.2) is 0 Å². The first kappa shape index (κ1) is 18.5. The van der Waals surface area contributed by atoms with Gasteiger partial charge in [-0.3, -0.25) is 0 Å². The predicted molar refractivity (Wildman–Crippen MR) is 96.5 cm³/mol. The van der Waals surface area contributed by atoms with E-state index in [9.17, 15) is 0 Å². The molecular weight excluding hydrogens is 288 g/mol. The summed E-state index contributed by atoms with van der Waals surface area (Å²) in [4.78, 5) is 0. The van der Waals surface area contributed by atoms with Gasteiger partial charge in [-0.05, 0) is 44.4 Å². The van der Waals surface area contributed by atoms with Crippen LogP contribution in [0.25, 0.3) is 0 Å². The fourth-order valence-corrected chi connectivity index (χ4v) is 9.51. The Morgan fingerprint density at radius 3 is 1.95 bits per heavy atom. The van der Waals surface area contributed by atoms with Crippen LogP contribution < -0.4 is 0 Å². The summed E-state index contributed by atoms with van der Waals surface area (Å²) in [6.07, 6.45) is 14.6. The van der Waals surface area contributed by atoms with Crippen molar-refractivity contribution in [1.29, 1.82) is 0 Å². The summed E-state index contributed by atoms with van der Waals surface area (Å²) in [5.74, 6) is 0.911. The van der Waals surface area contributed by atoms with Crippen molar-refractivity contribution in [3.63, 3.8) is 0 Å². The number of unbranched alkanes of at least 4 members (excludes halogenated alkanes) is 1. The first-order valence-corrected chi connectivity index (χ1v) is 12.0. The molecule has 2 rings (SSSR count). The molecular formula is C19H38O2Si. The lowest BCUT2D eigenvalue weighted by molar-refractivity contribution is 0.135. The van der Waals surface area contributed by atoms with E-state index in [0.717, 1.165) is 36.6 Å². The summed E-state index contributed by atoms with van der Waals surface area (Å²) < 4.78 is 13.4. The number of hydrogen-bond donors (Lipinski definition) is 0. The molecule has 0 aliphatic heterocycles. The van der Waals surface area contributed by atoms with Crippen LogP contribution in [0.5, 0.6) is 0 Å². The summed E-state index contributed by atoms with van der Waals surface area (Å²) >= 11 is 0. The van der Waals surface area contributed by atoms with E-state index in [2.05, 4.69) is 20.8 Å². The zero-order chi connectivity index (χ0) is 15.8. The SMILES string of the molecule is CCCCO[Si](OCCC)(C1CCCC1)C1CCC(C)CC1. The zero-order valence-electron chi connectivity index (χ0n) is 15.2. The van der Waals surface area contributed by atoms with E-state index in [1.54, 1.807) is 0 Å². The van der Waals surface area contributed by atoms with Crippen molar-refractivity contribution in [3.05, 3.63) is 0 Å². The number of rotatable bonds is 9. The fraction of sp³-hybridized carbons (Fsp3) is 1.00. The Hall–Kier alpha value is 0.137. The predicted octanol–water partition coefficient (Wildman–Crippen LogP) is 6.20. The van der Waals surface area contributed by atoms with E-state index in [1.807, 2.05) is 0 Å². The van der Waals surface area contributed by atoms with Gasteiger partial charge in [-0.25, -0.2) is 0 Å². The van der Waals surface area contributed by atoms with Crippen molar-refractivity contribution in [1.82, 2.24) is 0 Å². The Morgan fingerprint density at radius 2 is 1.36 bits per heavy atom. The van der Waals surface area contributed by atoms with Crippen LogP contribution in [0.3, 0.4) is 0 Å². The third-order valence-electron chi connectivity index (χ3n) is 5.87. The highest BCUT2D eigenvalue weighted by atomic mass is 28.4. The summed E-state index contributed by atoms with van der Waals surface area (Å²) in [6.45, 7) is 8.77. The van der Waals surface area contributed by atoms with Crippen molar-refractivity contribution < 1.29 is 8.85 Å². The Balaban J connectivity index is 2.13. The van der Waals surface area contributed by atoms with Crippen LogP contribution in [0.4, 0.5) is 0 Å². The molecule has 0 aromatic heterocycles. The van der Waals surface area contributed by atoms with E-state index in [4.69, 9.17) is 8.85 Å². The van der Waals surface area contributed by atoms with Crippen molar-refractivity contribution in [2.75, 3.05) is 13.2 Å². The normalized spacial score (nSPS) is 29.6. The molecule has 1 atom stereocenters. The first-order chi connectivity index (χ1) is 10.7. The van der Waals surface area contributed by atoms with Crippen molar-refractivity contribution in [2.24, 2.45) is 5.92 Å². The molecule has 0 spiro atoms. The van der Waals surface area contributed by atoms with Gasteiger partial charge in [-0.15, -0.1) is 0 Å². The second-order valence-corrected chi connectivity index (χ2v) is 11.4. The van der Waals surface area contributed by atoms with Gasteiger partial charge in [-0.1, -0.05) is 52.9 Å². The molecule has 2 fully saturated rings. The molecule has 0 aromatic rings. The molecule has 22 heavy (non-hydrogen) atoms. The molecule has 2 aliphatic rings. The van der Waals surface area contributed by atoms with Crippen LogP contribution in [0.1, 0.15) is 91.4 Å². The lowest BCUT2D eigenvalue weighted by Gasteiger charge is -2.44. The average Bonchev–Trinajstić information content (AvgIpc) is 3.07. The number of hydrogen-bond acceptors (Lipinski definition) is 2. The Bertz CT molecular complexity index is 296. The molecule has 3 heteroatoms. The van der Waals surface area contributed by atoms with Crippen LogP contribution in [-0.4, -0.2) is 21.8 Å². The zero-order valence-corrected chi connectivity index (χ0v) is 16.2. The topological polar surface area (TPSA) is 18.5 Å². The van der Waals surface area contributed by atoms with Gasteiger partial charge in [0.2, 0.25) is 0 Å². The van der Waals surface area contributed by atoms with E-state index < -0.39 is 8.56 Å². The van der Waals surface area contributed by atoms with Gasteiger partial charge in [-0.2, -0.15) is 0 Å². The summed E-state index contributed by atoms with van der Waals surface area (Å²) in [6, 6.07) is 0. The monoisotopic (exact) mass is 326 g/mol. The van der Waals surface area contributed by atoms with Crippen LogP contribution in [0, 0.1) is 5.92 Å². The van der Waals surface area contributed by atoms with Crippen LogP contribution >= 0.6 is 0 Å². The maximum Gasteiger partial charge on any atom is 0.344 e. The fourth-order valence-electron chi connectivity index (χ4n) is 4.47. The van der Waals surface area contributed by atoms with Gasteiger partial charge in [0.15, 0.2) is 0 Å². The van der Waals surface area contributed by atoms with E-state index in [1.165, 1.54) is 64.2 Å². The standard InChI is InChI=1S/C19H38O2Si/c1-4-6-16-21-22(20-15-5-2,18-9-7-8-10-18)19-13-11-17(3)12-14-19/h17-19H,4-16H2,1-3H3. The molecule has 1 unspecified atom stereocenters. The highest BCUT2D eigenvalue weighted by Crippen LogP contribution is 2.51. The molecule has 0 radical (unpaired) electrons. The second-order valence-electron chi connectivity index (χ2n) is 7.71. The summed E-state index contributed by atoms with van der Waals surface area (Å²) in [5.41, 5.74) is 1.53. The van der Waals surface area contributed by atoms with Crippen LogP contribution in [0.2, 0.25) is 11.1 Å². The first-order valence-electron chi connectivity index (χ1n) is 10.0. The maximum atomic E-state index is 6.75. The highest BCUT2D eigenvalue weighted by molar-refractivity contribution is 6.70. The van der Waals surface area contributed by atoms with Crippen molar-refractivity contribution in [2.45, 2.75) is 102 Å². The van der Waals surface area contributed by atoms with Gasteiger partial charge in [0, 0.05) is 24.3 Å². The van der Waals surface area contributed by atoms with Crippen molar-refractivity contribution in [3.8, 4) is 0 Å². The van der Waals surface area contributed by atoms with Crippen molar-refractivity contribution >= 4 is 8.56 Å². The smallest absolute Gasteiger partial charge is 0.344 e. The molecule has 2 nitrogen and oxygen atoms in total. The average molecular weight is 327 g/mol. The Morgan fingerprint density at radius 1 is 0.773 bits per heavy atom. The minimum atomic E-state index is -2.05.